The number of aliphatic hydroxyl groups excluding tert-OH is 1. The van der Waals surface area contributed by atoms with Gasteiger partial charge in [0.05, 0.1) is 6.61 Å². The standard InChI is InChI=1S/C9H13N2O8P/c1-4-2-11(9(14)10-7(4)13)8-6(5(12)3-18-8)19-20(15,16)17/h2,5-6,8,12H,3H2,1H3,(H,10,13,14)(H2,15,16,17)/t5-,6+,8+/m0/s1. The number of aromatic nitrogens is 2. The van der Waals surface area contributed by atoms with E-state index < -0.39 is 37.5 Å². The van der Waals surface area contributed by atoms with Gasteiger partial charge in [0.2, 0.25) is 0 Å². The Bertz CT molecular complexity index is 661. The fourth-order valence-corrected chi connectivity index (χ4v) is 2.43. The van der Waals surface area contributed by atoms with Gasteiger partial charge in [-0.3, -0.25) is 18.9 Å². The summed E-state index contributed by atoms with van der Waals surface area (Å²) in [6.45, 7) is 1.18. The van der Waals surface area contributed by atoms with E-state index in [4.69, 9.17) is 14.5 Å². The number of aryl methyl sites for hydroxylation is 1. The normalized spacial score (nSPS) is 26.9. The maximum atomic E-state index is 11.7. The summed E-state index contributed by atoms with van der Waals surface area (Å²) in [5.74, 6) is 0. The van der Waals surface area contributed by atoms with Crippen molar-refractivity contribution in [3.05, 3.63) is 32.6 Å². The first-order valence-corrected chi connectivity index (χ1v) is 7.08. The summed E-state index contributed by atoms with van der Waals surface area (Å²) in [5, 5.41) is 9.62. The third-order valence-corrected chi connectivity index (χ3v) is 3.30. The Balaban J connectivity index is 2.41. The van der Waals surface area contributed by atoms with E-state index in [1.807, 2.05) is 4.98 Å². The maximum absolute atomic E-state index is 11.7. The van der Waals surface area contributed by atoms with Crippen molar-refractivity contribution in [2.45, 2.75) is 25.4 Å². The molecule has 2 rings (SSSR count). The first-order valence-electron chi connectivity index (χ1n) is 5.55. The van der Waals surface area contributed by atoms with Crippen LogP contribution in [0.5, 0.6) is 0 Å². The second-order valence-electron chi connectivity index (χ2n) is 4.33. The van der Waals surface area contributed by atoms with Crippen LogP contribution in [-0.4, -0.2) is 43.3 Å². The number of rotatable bonds is 3. The molecule has 11 heteroatoms. The van der Waals surface area contributed by atoms with Crippen molar-refractivity contribution in [3.8, 4) is 0 Å². The molecule has 10 nitrogen and oxygen atoms in total. The van der Waals surface area contributed by atoms with Crippen LogP contribution in [0.15, 0.2) is 15.8 Å². The minimum absolute atomic E-state index is 0.199. The first-order chi connectivity index (χ1) is 9.19. The molecule has 0 bridgehead atoms. The summed E-state index contributed by atoms with van der Waals surface area (Å²) >= 11 is 0. The smallest absolute Gasteiger partial charge is 0.388 e. The average molecular weight is 308 g/mol. The van der Waals surface area contributed by atoms with Gasteiger partial charge in [0.15, 0.2) is 6.23 Å². The Morgan fingerprint density at radius 1 is 1.50 bits per heavy atom. The monoisotopic (exact) mass is 308 g/mol. The van der Waals surface area contributed by atoms with E-state index in [-0.39, 0.29) is 12.2 Å². The van der Waals surface area contributed by atoms with Gasteiger partial charge in [-0.25, -0.2) is 9.36 Å². The number of hydrogen-bond donors (Lipinski definition) is 4. The van der Waals surface area contributed by atoms with Gasteiger partial charge in [0, 0.05) is 11.8 Å². The zero-order valence-corrected chi connectivity index (χ0v) is 11.2. The number of phosphoric ester groups is 1. The summed E-state index contributed by atoms with van der Waals surface area (Å²) in [7, 11) is -4.87. The molecule has 3 atom stereocenters. The minimum Gasteiger partial charge on any atom is -0.388 e. The molecule has 0 aromatic carbocycles. The molecule has 4 N–H and O–H groups in total. The lowest BCUT2D eigenvalue weighted by atomic mass is 10.2. The van der Waals surface area contributed by atoms with Gasteiger partial charge >= 0.3 is 13.5 Å². The Hall–Kier alpha value is -1.29. The van der Waals surface area contributed by atoms with E-state index >= 15 is 0 Å². The molecule has 0 spiro atoms. The van der Waals surface area contributed by atoms with Crippen molar-refractivity contribution in [1.82, 2.24) is 9.55 Å². The van der Waals surface area contributed by atoms with Gasteiger partial charge in [-0.05, 0) is 6.92 Å². The Morgan fingerprint density at radius 3 is 2.75 bits per heavy atom. The molecule has 1 aromatic heterocycles. The van der Waals surface area contributed by atoms with Crippen molar-refractivity contribution in [2.24, 2.45) is 0 Å². The SMILES string of the molecule is Cc1cn([C@@H]2OC[C@H](O)[C@H]2OP(=O)(O)O)c(=O)[nH]c1=O. The number of nitrogens with zero attached hydrogens (tertiary/aromatic N) is 1. The van der Waals surface area contributed by atoms with Gasteiger partial charge in [-0.15, -0.1) is 0 Å². The molecule has 1 aromatic rings. The molecule has 0 saturated carbocycles. The molecule has 1 saturated heterocycles. The van der Waals surface area contributed by atoms with Crippen LogP contribution in [-0.2, 0) is 13.8 Å². The number of H-pyrrole nitrogens is 1. The first kappa shape index (κ1) is 15.1. The van der Waals surface area contributed by atoms with Crippen LogP contribution in [0.2, 0.25) is 0 Å². The van der Waals surface area contributed by atoms with E-state index in [1.54, 1.807) is 0 Å². The van der Waals surface area contributed by atoms with E-state index in [9.17, 15) is 19.3 Å². The molecule has 1 aliphatic heterocycles. The lowest BCUT2D eigenvalue weighted by Gasteiger charge is -2.22. The molecule has 0 radical (unpaired) electrons. The predicted octanol–water partition coefficient (Wildman–Crippen LogP) is -1.79. The van der Waals surface area contributed by atoms with Crippen LogP contribution in [0, 0.1) is 6.92 Å². The molecule has 1 fully saturated rings. The van der Waals surface area contributed by atoms with Crippen LogP contribution in [0.25, 0.3) is 0 Å². The molecule has 112 valence electrons. The number of aliphatic hydroxyl groups is 1. The van der Waals surface area contributed by atoms with Crippen LogP contribution in [0.1, 0.15) is 11.8 Å². The number of ether oxygens (including phenoxy) is 1. The molecule has 0 amide bonds. The van der Waals surface area contributed by atoms with E-state index in [0.717, 1.165) is 4.57 Å². The highest BCUT2D eigenvalue weighted by Crippen LogP contribution is 2.42. The van der Waals surface area contributed by atoms with Gasteiger partial charge in [0.25, 0.3) is 5.56 Å². The van der Waals surface area contributed by atoms with Gasteiger partial charge in [0.1, 0.15) is 12.2 Å². The van der Waals surface area contributed by atoms with E-state index in [0.29, 0.717) is 0 Å². The highest BCUT2D eigenvalue weighted by atomic mass is 31.2. The fraction of sp³-hybridized carbons (Fsp3) is 0.556. The number of nitrogens with one attached hydrogen (secondary N) is 1. The highest BCUT2D eigenvalue weighted by Gasteiger charge is 2.42. The predicted molar refractivity (Wildman–Crippen MR) is 64.0 cm³/mol. The Kier molecular flexibility index (Phi) is 3.96. The summed E-state index contributed by atoms with van der Waals surface area (Å²) in [6.07, 6.45) is -2.83. The van der Waals surface area contributed by atoms with Gasteiger partial charge in [-0.1, -0.05) is 0 Å². The van der Waals surface area contributed by atoms with Crippen molar-refractivity contribution < 1.29 is 28.7 Å². The van der Waals surface area contributed by atoms with Crippen molar-refractivity contribution in [2.75, 3.05) is 6.61 Å². The Labute approximate surface area is 111 Å². The largest absolute Gasteiger partial charge is 0.470 e. The van der Waals surface area contributed by atoms with Crippen LogP contribution < -0.4 is 11.2 Å². The topological polar surface area (TPSA) is 151 Å². The summed E-state index contributed by atoms with van der Waals surface area (Å²) < 4.78 is 21.3. The van der Waals surface area contributed by atoms with Gasteiger partial charge < -0.3 is 19.6 Å². The van der Waals surface area contributed by atoms with Gasteiger partial charge in [-0.2, -0.15) is 0 Å². The highest BCUT2D eigenvalue weighted by molar-refractivity contribution is 7.46. The zero-order valence-electron chi connectivity index (χ0n) is 10.3. The molecule has 2 heterocycles. The zero-order chi connectivity index (χ0) is 15.1. The lowest BCUT2D eigenvalue weighted by molar-refractivity contribution is -0.0206. The second kappa shape index (κ2) is 5.24. The third kappa shape index (κ3) is 3.06. The van der Waals surface area contributed by atoms with E-state index in [1.165, 1.54) is 13.1 Å². The summed E-state index contributed by atoms with van der Waals surface area (Å²) in [6, 6.07) is 0. The molecular weight excluding hydrogens is 295 g/mol. The third-order valence-electron chi connectivity index (χ3n) is 2.78. The molecular formula is C9H13N2O8P. The second-order valence-corrected chi connectivity index (χ2v) is 5.52. The number of phosphoric acid groups is 1. The molecule has 0 unspecified atom stereocenters. The van der Waals surface area contributed by atoms with Crippen LogP contribution in [0.4, 0.5) is 0 Å². The van der Waals surface area contributed by atoms with E-state index in [2.05, 4.69) is 4.52 Å². The van der Waals surface area contributed by atoms with Crippen molar-refractivity contribution in [1.29, 1.82) is 0 Å². The quantitative estimate of drug-likeness (QED) is 0.478. The van der Waals surface area contributed by atoms with Crippen LogP contribution >= 0.6 is 7.82 Å². The average Bonchev–Trinajstić information content (AvgIpc) is 2.64. The summed E-state index contributed by atoms with van der Waals surface area (Å²) in [4.78, 5) is 42.6. The fourth-order valence-electron chi connectivity index (χ4n) is 1.87. The molecule has 1 aliphatic rings. The molecule has 0 aliphatic carbocycles. The van der Waals surface area contributed by atoms with Crippen LogP contribution in [0.3, 0.4) is 0 Å². The molecule has 20 heavy (non-hydrogen) atoms. The maximum Gasteiger partial charge on any atom is 0.470 e. The minimum atomic E-state index is -4.87. The lowest BCUT2D eigenvalue weighted by Crippen LogP contribution is -2.39. The number of aromatic amines is 1. The number of hydrogen-bond acceptors (Lipinski definition) is 6. The Morgan fingerprint density at radius 2 is 2.15 bits per heavy atom. The summed E-state index contributed by atoms with van der Waals surface area (Å²) in [5.41, 5.74) is -1.22. The van der Waals surface area contributed by atoms with Crippen molar-refractivity contribution >= 4 is 7.82 Å². The van der Waals surface area contributed by atoms with Crippen molar-refractivity contribution in [3.63, 3.8) is 0 Å².